The van der Waals surface area contributed by atoms with E-state index in [4.69, 9.17) is 21.1 Å². The molecule has 0 fully saturated rings. The molecular weight excluding hydrogens is 368 g/mol. The molecule has 1 heterocycles. The first-order chi connectivity index (χ1) is 13.1. The SMILES string of the molecule is CCNC(=NCc1cc(OC)c(O)c(OC)c1)NCCc1ccc(Cl)nc1. The molecule has 0 radical (unpaired) electrons. The number of ether oxygens (including phenoxy) is 2. The predicted molar refractivity (Wildman–Crippen MR) is 107 cm³/mol. The summed E-state index contributed by atoms with van der Waals surface area (Å²) >= 11 is 5.80. The Labute approximate surface area is 164 Å². The van der Waals surface area contributed by atoms with Crippen LogP contribution in [0.2, 0.25) is 5.15 Å². The summed E-state index contributed by atoms with van der Waals surface area (Å²) in [7, 11) is 3.00. The summed E-state index contributed by atoms with van der Waals surface area (Å²) in [4.78, 5) is 8.65. The van der Waals surface area contributed by atoms with Gasteiger partial charge in [-0.25, -0.2) is 9.98 Å². The van der Waals surface area contributed by atoms with E-state index in [1.807, 2.05) is 13.0 Å². The first-order valence-corrected chi connectivity index (χ1v) is 9.01. The predicted octanol–water partition coefficient (Wildman–Crippen LogP) is 2.76. The van der Waals surface area contributed by atoms with Crippen LogP contribution in [0.3, 0.4) is 0 Å². The molecular formula is C19H25ClN4O3. The van der Waals surface area contributed by atoms with E-state index in [9.17, 15) is 5.11 Å². The maximum Gasteiger partial charge on any atom is 0.200 e. The first kappa shape index (κ1) is 20.6. The summed E-state index contributed by atoms with van der Waals surface area (Å²) < 4.78 is 10.4. The number of nitrogens with one attached hydrogen (secondary N) is 2. The molecule has 0 unspecified atom stereocenters. The summed E-state index contributed by atoms with van der Waals surface area (Å²) in [5, 5.41) is 17.0. The summed E-state index contributed by atoms with van der Waals surface area (Å²) in [5.74, 6) is 1.39. The van der Waals surface area contributed by atoms with Crippen molar-refractivity contribution < 1.29 is 14.6 Å². The average molecular weight is 393 g/mol. The molecule has 0 saturated heterocycles. The molecule has 1 aromatic heterocycles. The van der Waals surface area contributed by atoms with E-state index in [0.717, 1.165) is 24.1 Å². The normalized spacial score (nSPS) is 11.2. The zero-order chi connectivity index (χ0) is 19.6. The molecule has 0 aliphatic carbocycles. The maximum absolute atomic E-state index is 9.99. The Morgan fingerprint density at radius 2 is 1.85 bits per heavy atom. The van der Waals surface area contributed by atoms with E-state index < -0.39 is 0 Å². The summed E-state index contributed by atoms with van der Waals surface area (Å²) in [5.41, 5.74) is 1.95. The Bertz CT molecular complexity index is 741. The fourth-order valence-corrected chi connectivity index (χ4v) is 2.54. The zero-order valence-electron chi connectivity index (χ0n) is 15.8. The molecule has 2 aromatic rings. The minimum atomic E-state index is -0.0191. The number of aromatic nitrogens is 1. The largest absolute Gasteiger partial charge is 0.502 e. The smallest absolute Gasteiger partial charge is 0.200 e. The number of aromatic hydroxyl groups is 1. The number of hydrogen-bond acceptors (Lipinski definition) is 5. The number of phenols is 1. The van der Waals surface area contributed by atoms with Gasteiger partial charge in [0, 0.05) is 19.3 Å². The highest BCUT2D eigenvalue weighted by molar-refractivity contribution is 6.29. The molecule has 0 amide bonds. The summed E-state index contributed by atoms with van der Waals surface area (Å²) in [6.07, 6.45) is 2.57. The molecule has 0 aliphatic heterocycles. The first-order valence-electron chi connectivity index (χ1n) is 8.63. The van der Waals surface area contributed by atoms with Crippen LogP contribution in [0.1, 0.15) is 18.1 Å². The Kier molecular flexibility index (Phi) is 8.00. The third kappa shape index (κ3) is 6.21. The zero-order valence-corrected chi connectivity index (χ0v) is 16.5. The molecule has 0 saturated carbocycles. The minimum absolute atomic E-state index is 0.0191. The lowest BCUT2D eigenvalue weighted by atomic mass is 10.2. The minimum Gasteiger partial charge on any atom is -0.502 e. The molecule has 7 nitrogen and oxygen atoms in total. The second-order valence-corrected chi connectivity index (χ2v) is 6.10. The van der Waals surface area contributed by atoms with Crippen molar-refractivity contribution in [2.24, 2.45) is 4.99 Å². The quantitative estimate of drug-likeness (QED) is 0.363. The van der Waals surface area contributed by atoms with Crippen LogP contribution < -0.4 is 20.1 Å². The lowest BCUT2D eigenvalue weighted by Gasteiger charge is -2.13. The number of methoxy groups -OCH3 is 2. The van der Waals surface area contributed by atoms with Gasteiger partial charge >= 0.3 is 0 Å². The van der Waals surface area contributed by atoms with Crippen molar-refractivity contribution in [3.8, 4) is 17.2 Å². The van der Waals surface area contributed by atoms with Gasteiger partial charge in [-0.05, 0) is 42.7 Å². The van der Waals surface area contributed by atoms with E-state index in [2.05, 4.69) is 20.6 Å². The molecule has 1 aromatic carbocycles. The highest BCUT2D eigenvalue weighted by Crippen LogP contribution is 2.37. The fourth-order valence-electron chi connectivity index (χ4n) is 2.43. The maximum atomic E-state index is 9.99. The fraction of sp³-hybridized carbons (Fsp3) is 0.368. The summed E-state index contributed by atoms with van der Waals surface area (Å²) in [6, 6.07) is 7.21. The molecule has 0 bridgehead atoms. The van der Waals surface area contributed by atoms with Crippen molar-refractivity contribution in [3.05, 3.63) is 46.7 Å². The highest BCUT2D eigenvalue weighted by atomic mass is 35.5. The molecule has 8 heteroatoms. The number of hydrogen-bond donors (Lipinski definition) is 3. The number of phenolic OH excluding ortho intramolecular Hbond substituents is 1. The Hall–Kier alpha value is -2.67. The van der Waals surface area contributed by atoms with E-state index in [1.54, 1.807) is 24.4 Å². The van der Waals surface area contributed by atoms with Crippen LogP contribution in [-0.4, -0.2) is 43.4 Å². The van der Waals surface area contributed by atoms with Crippen molar-refractivity contribution in [2.75, 3.05) is 27.3 Å². The molecule has 3 N–H and O–H groups in total. The number of benzene rings is 1. The topological polar surface area (TPSA) is 88.0 Å². The van der Waals surface area contributed by atoms with Crippen molar-refractivity contribution >= 4 is 17.6 Å². The monoisotopic (exact) mass is 392 g/mol. The number of rotatable bonds is 8. The second-order valence-electron chi connectivity index (χ2n) is 5.71. The third-order valence-electron chi connectivity index (χ3n) is 3.80. The third-order valence-corrected chi connectivity index (χ3v) is 4.02. The number of nitrogens with zero attached hydrogens (tertiary/aromatic N) is 2. The van der Waals surface area contributed by atoms with Crippen LogP contribution in [0.4, 0.5) is 0 Å². The van der Waals surface area contributed by atoms with Crippen LogP contribution in [0.25, 0.3) is 0 Å². The van der Waals surface area contributed by atoms with E-state index in [1.165, 1.54) is 14.2 Å². The second kappa shape index (κ2) is 10.5. The highest BCUT2D eigenvalue weighted by Gasteiger charge is 2.11. The van der Waals surface area contributed by atoms with Crippen molar-refractivity contribution in [3.63, 3.8) is 0 Å². The van der Waals surface area contributed by atoms with Crippen molar-refractivity contribution in [2.45, 2.75) is 19.9 Å². The van der Waals surface area contributed by atoms with Crippen LogP contribution >= 0.6 is 11.6 Å². The summed E-state index contributed by atoms with van der Waals surface area (Å²) in [6.45, 7) is 3.87. The lowest BCUT2D eigenvalue weighted by Crippen LogP contribution is -2.38. The lowest BCUT2D eigenvalue weighted by molar-refractivity contribution is 0.339. The van der Waals surface area contributed by atoms with Crippen molar-refractivity contribution in [1.82, 2.24) is 15.6 Å². The molecule has 0 aliphatic rings. The van der Waals surface area contributed by atoms with Gasteiger partial charge in [-0.3, -0.25) is 0 Å². The van der Waals surface area contributed by atoms with Crippen LogP contribution in [0.5, 0.6) is 17.2 Å². The number of aliphatic imine (C=N–C) groups is 1. The van der Waals surface area contributed by atoms with Crippen LogP contribution in [0.15, 0.2) is 35.5 Å². The van der Waals surface area contributed by atoms with Crippen LogP contribution in [-0.2, 0) is 13.0 Å². The van der Waals surface area contributed by atoms with Gasteiger partial charge in [0.2, 0.25) is 5.75 Å². The standard InChI is InChI=1S/C19H25ClN4O3/c1-4-21-19(22-8-7-13-5-6-17(20)23-11-13)24-12-14-9-15(26-2)18(25)16(10-14)27-3/h5-6,9-11,25H,4,7-8,12H2,1-3H3,(H2,21,22,24). The van der Waals surface area contributed by atoms with Gasteiger partial charge in [-0.2, -0.15) is 0 Å². The van der Waals surface area contributed by atoms with E-state index in [-0.39, 0.29) is 5.75 Å². The average Bonchev–Trinajstić information content (AvgIpc) is 2.68. The Morgan fingerprint density at radius 1 is 1.15 bits per heavy atom. The number of halogens is 1. The molecule has 0 spiro atoms. The number of guanidine groups is 1. The van der Waals surface area contributed by atoms with Gasteiger partial charge in [0.05, 0.1) is 20.8 Å². The van der Waals surface area contributed by atoms with Gasteiger partial charge in [-0.1, -0.05) is 17.7 Å². The van der Waals surface area contributed by atoms with Crippen molar-refractivity contribution in [1.29, 1.82) is 0 Å². The van der Waals surface area contributed by atoms with Gasteiger partial charge in [0.1, 0.15) is 5.15 Å². The molecule has 0 atom stereocenters. The molecule has 2 rings (SSSR count). The van der Waals surface area contributed by atoms with Gasteiger partial charge in [0.25, 0.3) is 0 Å². The molecule has 27 heavy (non-hydrogen) atoms. The van der Waals surface area contributed by atoms with Gasteiger partial charge in [-0.15, -0.1) is 0 Å². The Balaban J connectivity index is 2.01. The van der Waals surface area contributed by atoms with Gasteiger partial charge in [0.15, 0.2) is 17.5 Å². The molecule has 146 valence electrons. The van der Waals surface area contributed by atoms with E-state index >= 15 is 0 Å². The Morgan fingerprint density at radius 3 is 2.41 bits per heavy atom. The van der Waals surface area contributed by atoms with Crippen LogP contribution in [0, 0.1) is 0 Å². The van der Waals surface area contributed by atoms with E-state index in [0.29, 0.717) is 35.7 Å². The number of pyridine rings is 1. The van der Waals surface area contributed by atoms with Gasteiger partial charge < -0.3 is 25.2 Å².